The third kappa shape index (κ3) is 24.9. The Morgan fingerprint density at radius 1 is 0.444 bits per heavy atom. The molecule has 4 heteroatoms. The lowest BCUT2D eigenvalue weighted by atomic mass is 10.5. The SMILES string of the molecule is CCCOCOCCC.CCCOCOCCC. The Hall–Kier alpha value is -0.160. The number of ether oxygens (including phenoxy) is 4. The van der Waals surface area contributed by atoms with Crippen LogP contribution in [0.15, 0.2) is 0 Å². The molecule has 0 heterocycles. The van der Waals surface area contributed by atoms with Crippen molar-refractivity contribution in [3.05, 3.63) is 0 Å². The molecule has 0 spiro atoms. The van der Waals surface area contributed by atoms with Gasteiger partial charge in [-0.2, -0.15) is 0 Å². The highest BCUT2D eigenvalue weighted by atomic mass is 16.7. The van der Waals surface area contributed by atoms with Gasteiger partial charge in [-0.05, 0) is 25.7 Å². The van der Waals surface area contributed by atoms with Gasteiger partial charge in [0.05, 0.1) is 0 Å². The van der Waals surface area contributed by atoms with Gasteiger partial charge in [-0.1, -0.05) is 27.7 Å². The maximum atomic E-state index is 5.06. The summed E-state index contributed by atoms with van der Waals surface area (Å²) < 4.78 is 20.3. The van der Waals surface area contributed by atoms with Crippen LogP contribution in [0.25, 0.3) is 0 Å². The molecule has 0 aliphatic heterocycles. The van der Waals surface area contributed by atoms with Gasteiger partial charge < -0.3 is 18.9 Å². The van der Waals surface area contributed by atoms with E-state index in [1.165, 1.54) is 0 Å². The van der Waals surface area contributed by atoms with E-state index >= 15 is 0 Å². The molecule has 0 bridgehead atoms. The lowest BCUT2D eigenvalue weighted by Gasteiger charge is -2.01. The van der Waals surface area contributed by atoms with E-state index in [1.807, 2.05) is 0 Å². The van der Waals surface area contributed by atoms with E-state index in [0.717, 1.165) is 52.1 Å². The Morgan fingerprint density at radius 3 is 0.833 bits per heavy atom. The van der Waals surface area contributed by atoms with Crippen LogP contribution < -0.4 is 0 Å². The van der Waals surface area contributed by atoms with Gasteiger partial charge in [-0.3, -0.25) is 0 Å². The summed E-state index contributed by atoms with van der Waals surface area (Å²) in [6, 6.07) is 0. The summed E-state index contributed by atoms with van der Waals surface area (Å²) in [6.07, 6.45) is 4.26. The van der Waals surface area contributed by atoms with Gasteiger partial charge in [0.15, 0.2) is 0 Å². The molecule has 0 fully saturated rings. The van der Waals surface area contributed by atoms with Crippen molar-refractivity contribution in [1.82, 2.24) is 0 Å². The molecular formula is C14H32O4. The van der Waals surface area contributed by atoms with Crippen LogP contribution in [-0.4, -0.2) is 40.0 Å². The molecule has 0 saturated heterocycles. The van der Waals surface area contributed by atoms with Crippen molar-refractivity contribution in [2.75, 3.05) is 40.0 Å². The highest BCUT2D eigenvalue weighted by Gasteiger charge is 1.84. The van der Waals surface area contributed by atoms with E-state index in [1.54, 1.807) is 0 Å². The zero-order valence-electron chi connectivity index (χ0n) is 12.7. The fourth-order valence-electron chi connectivity index (χ4n) is 0.931. The maximum absolute atomic E-state index is 5.06. The van der Waals surface area contributed by atoms with Gasteiger partial charge in [0.2, 0.25) is 0 Å². The molecular weight excluding hydrogens is 232 g/mol. The first-order chi connectivity index (χ1) is 8.83. The molecule has 4 nitrogen and oxygen atoms in total. The normalized spacial score (nSPS) is 10.0. The monoisotopic (exact) mass is 264 g/mol. The van der Waals surface area contributed by atoms with Gasteiger partial charge in [0.1, 0.15) is 13.6 Å². The molecule has 0 amide bonds. The topological polar surface area (TPSA) is 36.9 Å². The van der Waals surface area contributed by atoms with E-state index in [-0.39, 0.29) is 0 Å². The first-order valence-corrected chi connectivity index (χ1v) is 7.14. The lowest BCUT2D eigenvalue weighted by molar-refractivity contribution is -0.0533. The molecule has 0 radical (unpaired) electrons. The smallest absolute Gasteiger partial charge is 0.146 e. The quantitative estimate of drug-likeness (QED) is 0.399. The Labute approximate surface area is 113 Å². The average Bonchev–Trinajstić information content (AvgIpc) is 2.39. The summed E-state index contributed by atoms with van der Waals surface area (Å²) in [4.78, 5) is 0. The predicted molar refractivity (Wildman–Crippen MR) is 74.7 cm³/mol. The van der Waals surface area contributed by atoms with E-state index in [2.05, 4.69) is 27.7 Å². The van der Waals surface area contributed by atoms with Gasteiger partial charge in [-0.25, -0.2) is 0 Å². The Balaban J connectivity index is 0. The van der Waals surface area contributed by atoms with Crippen LogP contribution in [0.4, 0.5) is 0 Å². The minimum Gasteiger partial charge on any atom is -0.355 e. The second-order valence-corrected chi connectivity index (χ2v) is 3.87. The summed E-state index contributed by atoms with van der Waals surface area (Å²) in [7, 11) is 0. The Bertz CT molecular complexity index is 94.4. The van der Waals surface area contributed by atoms with Crippen molar-refractivity contribution in [3.8, 4) is 0 Å². The van der Waals surface area contributed by atoms with Crippen molar-refractivity contribution < 1.29 is 18.9 Å². The summed E-state index contributed by atoms with van der Waals surface area (Å²) in [5.41, 5.74) is 0. The molecule has 112 valence electrons. The van der Waals surface area contributed by atoms with Crippen LogP contribution in [0.3, 0.4) is 0 Å². The van der Waals surface area contributed by atoms with Gasteiger partial charge in [0, 0.05) is 26.4 Å². The fourth-order valence-corrected chi connectivity index (χ4v) is 0.931. The molecule has 0 atom stereocenters. The Morgan fingerprint density at radius 2 is 0.667 bits per heavy atom. The zero-order valence-corrected chi connectivity index (χ0v) is 12.7. The van der Waals surface area contributed by atoms with Gasteiger partial charge in [0.25, 0.3) is 0 Å². The molecule has 0 aliphatic rings. The maximum Gasteiger partial charge on any atom is 0.146 e. The zero-order chi connectivity index (χ0) is 13.9. The predicted octanol–water partition coefficient (Wildman–Crippen LogP) is 3.59. The van der Waals surface area contributed by atoms with Crippen LogP contribution in [0.2, 0.25) is 0 Å². The molecule has 0 aliphatic carbocycles. The molecule has 0 aromatic carbocycles. The van der Waals surface area contributed by atoms with E-state index in [0.29, 0.717) is 13.6 Å². The lowest BCUT2D eigenvalue weighted by Crippen LogP contribution is -2.00. The second kappa shape index (κ2) is 22.1. The highest BCUT2D eigenvalue weighted by Crippen LogP contribution is 1.84. The van der Waals surface area contributed by atoms with Crippen LogP contribution in [0.1, 0.15) is 53.4 Å². The number of rotatable bonds is 12. The number of hydrogen-bond acceptors (Lipinski definition) is 4. The van der Waals surface area contributed by atoms with E-state index < -0.39 is 0 Å². The molecule has 0 N–H and O–H groups in total. The fraction of sp³-hybridized carbons (Fsp3) is 1.00. The van der Waals surface area contributed by atoms with Gasteiger partial charge >= 0.3 is 0 Å². The summed E-state index contributed by atoms with van der Waals surface area (Å²) >= 11 is 0. The minimum atomic E-state index is 0.460. The van der Waals surface area contributed by atoms with Gasteiger partial charge in [-0.15, -0.1) is 0 Å². The largest absolute Gasteiger partial charge is 0.355 e. The summed E-state index contributed by atoms with van der Waals surface area (Å²) in [5.74, 6) is 0. The molecule has 18 heavy (non-hydrogen) atoms. The van der Waals surface area contributed by atoms with Crippen molar-refractivity contribution in [2.45, 2.75) is 53.4 Å². The van der Waals surface area contributed by atoms with E-state index in [9.17, 15) is 0 Å². The summed E-state index contributed by atoms with van der Waals surface area (Å²) in [6.45, 7) is 12.5. The first-order valence-electron chi connectivity index (χ1n) is 7.14. The molecule has 0 unspecified atom stereocenters. The molecule has 0 rings (SSSR count). The van der Waals surface area contributed by atoms with Crippen LogP contribution in [0, 0.1) is 0 Å². The van der Waals surface area contributed by atoms with Crippen LogP contribution in [-0.2, 0) is 18.9 Å². The third-order valence-electron chi connectivity index (χ3n) is 1.73. The third-order valence-corrected chi connectivity index (χ3v) is 1.73. The van der Waals surface area contributed by atoms with Crippen molar-refractivity contribution in [3.63, 3.8) is 0 Å². The molecule has 0 aromatic heterocycles. The van der Waals surface area contributed by atoms with Crippen molar-refractivity contribution >= 4 is 0 Å². The highest BCUT2D eigenvalue weighted by molar-refractivity contribution is 4.23. The van der Waals surface area contributed by atoms with Crippen LogP contribution in [0.5, 0.6) is 0 Å². The van der Waals surface area contributed by atoms with Crippen LogP contribution >= 0.6 is 0 Å². The second-order valence-electron chi connectivity index (χ2n) is 3.87. The number of hydrogen-bond donors (Lipinski definition) is 0. The van der Waals surface area contributed by atoms with Crippen molar-refractivity contribution in [2.24, 2.45) is 0 Å². The summed E-state index contributed by atoms with van der Waals surface area (Å²) in [5, 5.41) is 0. The first kappa shape index (κ1) is 20.2. The van der Waals surface area contributed by atoms with Crippen molar-refractivity contribution in [1.29, 1.82) is 0 Å². The minimum absolute atomic E-state index is 0.460. The Kier molecular flexibility index (Phi) is 24.7. The average molecular weight is 264 g/mol. The van der Waals surface area contributed by atoms with E-state index in [4.69, 9.17) is 18.9 Å². The molecule has 0 aromatic rings. The molecule has 0 saturated carbocycles. The standard InChI is InChI=1S/2C7H16O2/c2*1-3-5-8-7-9-6-4-2/h2*3-7H2,1-2H3.